The van der Waals surface area contributed by atoms with E-state index in [0.29, 0.717) is 19.3 Å². The van der Waals surface area contributed by atoms with Crippen molar-refractivity contribution < 1.29 is 14.7 Å². The lowest BCUT2D eigenvalue weighted by molar-refractivity contribution is -0.142. The number of benzene rings is 1. The molecule has 1 aromatic rings. The highest BCUT2D eigenvalue weighted by Gasteiger charge is 2.18. The molecule has 1 rings (SSSR count). The third-order valence-corrected chi connectivity index (χ3v) is 3.24. The Morgan fingerprint density at radius 3 is 2.45 bits per heavy atom. The summed E-state index contributed by atoms with van der Waals surface area (Å²) in [6.07, 6.45) is 3.16. The van der Waals surface area contributed by atoms with Gasteiger partial charge in [0.2, 0.25) is 5.91 Å². The molecule has 2 N–H and O–H groups in total. The number of carboxylic acids is 1. The van der Waals surface area contributed by atoms with Crippen LogP contribution in [0.25, 0.3) is 0 Å². The van der Waals surface area contributed by atoms with Gasteiger partial charge in [0.05, 0.1) is 0 Å². The maximum absolute atomic E-state index is 11.8. The van der Waals surface area contributed by atoms with Crippen LogP contribution in [0.1, 0.15) is 43.7 Å². The SMILES string of the molecule is CCCCC(NC(=O)CCc1ccc(C)cc1)C(=O)O. The molecule has 4 heteroatoms. The quantitative estimate of drug-likeness (QED) is 0.767. The monoisotopic (exact) mass is 277 g/mol. The molecule has 0 aliphatic rings. The molecule has 0 aliphatic heterocycles. The summed E-state index contributed by atoms with van der Waals surface area (Å²) in [6, 6.07) is 7.24. The van der Waals surface area contributed by atoms with Gasteiger partial charge in [-0.25, -0.2) is 4.79 Å². The molecule has 1 atom stereocenters. The molecule has 110 valence electrons. The van der Waals surface area contributed by atoms with Crippen LogP contribution in [-0.4, -0.2) is 23.0 Å². The third kappa shape index (κ3) is 5.87. The van der Waals surface area contributed by atoms with Crippen LogP contribution in [0.5, 0.6) is 0 Å². The summed E-state index contributed by atoms with van der Waals surface area (Å²) in [5.74, 6) is -1.16. The second-order valence-corrected chi connectivity index (χ2v) is 5.09. The number of nitrogens with one attached hydrogen (secondary N) is 1. The molecule has 0 heterocycles. The van der Waals surface area contributed by atoms with Gasteiger partial charge in [0.1, 0.15) is 6.04 Å². The number of hydrogen-bond donors (Lipinski definition) is 2. The number of hydrogen-bond acceptors (Lipinski definition) is 2. The standard InChI is InChI=1S/C16H23NO3/c1-3-4-5-14(16(19)20)17-15(18)11-10-13-8-6-12(2)7-9-13/h6-9,14H,3-5,10-11H2,1-2H3,(H,17,18)(H,19,20). The minimum atomic E-state index is -0.956. The van der Waals surface area contributed by atoms with Crippen LogP contribution in [0.4, 0.5) is 0 Å². The molecule has 0 aliphatic carbocycles. The molecule has 4 nitrogen and oxygen atoms in total. The molecule has 1 amide bonds. The predicted octanol–water partition coefficient (Wildman–Crippen LogP) is 2.69. The highest BCUT2D eigenvalue weighted by atomic mass is 16.4. The van der Waals surface area contributed by atoms with E-state index in [-0.39, 0.29) is 5.91 Å². The molecule has 20 heavy (non-hydrogen) atoms. The van der Waals surface area contributed by atoms with E-state index in [1.54, 1.807) is 0 Å². The van der Waals surface area contributed by atoms with E-state index in [4.69, 9.17) is 5.11 Å². The van der Waals surface area contributed by atoms with Gasteiger partial charge < -0.3 is 10.4 Å². The molecule has 0 fully saturated rings. The van der Waals surface area contributed by atoms with Crippen molar-refractivity contribution in [2.75, 3.05) is 0 Å². The smallest absolute Gasteiger partial charge is 0.326 e. The van der Waals surface area contributed by atoms with E-state index in [1.807, 2.05) is 38.1 Å². The number of unbranched alkanes of at least 4 members (excludes halogenated alkanes) is 1. The predicted molar refractivity (Wildman–Crippen MR) is 78.6 cm³/mol. The van der Waals surface area contributed by atoms with E-state index >= 15 is 0 Å². The zero-order valence-corrected chi connectivity index (χ0v) is 12.2. The Morgan fingerprint density at radius 1 is 1.25 bits per heavy atom. The molecule has 0 saturated carbocycles. The van der Waals surface area contributed by atoms with Crippen LogP contribution in [0, 0.1) is 6.92 Å². The number of aryl methyl sites for hydroxylation is 2. The molecule has 1 aromatic carbocycles. The van der Waals surface area contributed by atoms with Crippen molar-refractivity contribution in [3.63, 3.8) is 0 Å². The van der Waals surface area contributed by atoms with Crippen LogP contribution >= 0.6 is 0 Å². The number of carbonyl (C=O) groups is 2. The van der Waals surface area contributed by atoms with Gasteiger partial charge in [0.25, 0.3) is 0 Å². The largest absolute Gasteiger partial charge is 0.480 e. The van der Waals surface area contributed by atoms with Gasteiger partial charge in [0.15, 0.2) is 0 Å². The van der Waals surface area contributed by atoms with E-state index < -0.39 is 12.0 Å². The van der Waals surface area contributed by atoms with Crippen LogP contribution in [-0.2, 0) is 16.0 Å². The molecule has 0 saturated heterocycles. The number of amides is 1. The minimum Gasteiger partial charge on any atom is -0.480 e. The second-order valence-electron chi connectivity index (χ2n) is 5.09. The van der Waals surface area contributed by atoms with E-state index in [0.717, 1.165) is 18.4 Å². The fourth-order valence-electron chi connectivity index (χ4n) is 1.94. The summed E-state index contributed by atoms with van der Waals surface area (Å²) in [5.41, 5.74) is 2.27. The molecule has 0 radical (unpaired) electrons. The average Bonchev–Trinajstić information content (AvgIpc) is 2.42. The number of rotatable bonds is 8. The van der Waals surface area contributed by atoms with Gasteiger partial charge in [0, 0.05) is 6.42 Å². The Hall–Kier alpha value is -1.84. The van der Waals surface area contributed by atoms with Crippen LogP contribution < -0.4 is 5.32 Å². The van der Waals surface area contributed by atoms with Gasteiger partial charge in [-0.3, -0.25) is 4.79 Å². The van der Waals surface area contributed by atoms with Gasteiger partial charge in [-0.2, -0.15) is 0 Å². The lowest BCUT2D eigenvalue weighted by atomic mass is 10.1. The van der Waals surface area contributed by atoms with Gasteiger partial charge in [-0.15, -0.1) is 0 Å². The number of aliphatic carboxylic acids is 1. The first-order valence-corrected chi connectivity index (χ1v) is 7.10. The molecular weight excluding hydrogens is 254 g/mol. The summed E-state index contributed by atoms with van der Waals surface area (Å²) in [4.78, 5) is 22.8. The summed E-state index contributed by atoms with van der Waals surface area (Å²) >= 11 is 0. The zero-order valence-electron chi connectivity index (χ0n) is 12.2. The molecule has 0 aromatic heterocycles. The van der Waals surface area contributed by atoms with Crippen molar-refractivity contribution in [2.45, 2.75) is 52.0 Å². The van der Waals surface area contributed by atoms with E-state index in [1.165, 1.54) is 5.56 Å². The van der Waals surface area contributed by atoms with Crippen LogP contribution in [0.2, 0.25) is 0 Å². The van der Waals surface area contributed by atoms with Crippen molar-refractivity contribution in [2.24, 2.45) is 0 Å². The highest BCUT2D eigenvalue weighted by Crippen LogP contribution is 2.06. The Morgan fingerprint density at radius 2 is 1.90 bits per heavy atom. The minimum absolute atomic E-state index is 0.200. The number of carboxylic acid groups (broad SMARTS) is 1. The van der Waals surface area contributed by atoms with Crippen molar-refractivity contribution in [1.82, 2.24) is 5.32 Å². The molecular formula is C16H23NO3. The normalized spacial score (nSPS) is 11.9. The zero-order chi connectivity index (χ0) is 15.0. The van der Waals surface area contributed by atoms with E-state index in [9.17, 15) is 9.59 Å². The summed E-state index contributed by atoms with van der Waals surface area (Å²) < 4.78 is 0. The van der Waals surface area contributed by atoms with Crippen molar-refractivity contribution in [1.29, 1.82) is 0 Å². The Kier molecular flexibility index (Phi) is 6.77. The van der Waals surface area contributed by atoms with Crippen molar-refractivity contribution in [3.05, 3.63) is 35.4 Å². The first kappa shape index (κ1) is 16.2. The molecule has 1 unspecified atom stereocenters. The lowest BCUT2D eigenvalue weighted by Crippen LogP contribution is -2.40. The van der Waals surface area contributed by atoms with Crippen LogP contribution in [0.15, 0.2) is 24.3 Å². The summed E-state index contributed by atoms with van der Waals surface area (Å²) in [6.45, 7) is 4.01. The average molecular weight is 277 g/mol. The fourth-order valence-corrected chi connectivity index (χ4v) is 1.94. The third-order valence-electron chi connectivity index (χ3n) is 3.24. The van der Waals surface area contributed by atoms with Gasteiger partial charge >= 0.3 is 5.97 Å². The maximum atomic E-state index is 11.8. The molecule has 0 spiro atoms. The fraction of sp³-hybridized carbons (Fsp3) is 0.500. The summed E-state index contributed by atoms with van der Waals surface area (Å²) in [7, 11) is 0. The first-order valence-electron chi connectivity index (χ1n) is 7.10. The summed E-state index contributed by atoms with van der Waals surface area (Å²) in [5, 5.41) is 11.6. The second kappa shape index (κ2) is 8.35. The van der Waals surface area contributed by atoms with E-state index in [2.05, 4.69) is 5.32 Å². The lowest BCUT2D eigenvalue weighted by Gasteiger charge is -2.14. The highest BCUT2D eigenvalue weighted by molar-refractivity contribution is 5.83. The van der Waals surface area contributed by atoms with Crippen LogP contribution in [0.3, 0.4) is 0 Å². The maximum Gasteiger partial charge on any atom is 0.326 e. The Labute approximate surface area is 120 Å². The van der Waals surface area contributed by atoms with Crippen molar-refractivity contribution in [3.8, 4) is 0 Å². The Bertz CT molecular complexity index is 440. The van der Waals surface area contributed by atoms with Gasteiger partial charge in [-0.1, -0.05) is 49.6 Å². The topological polar surface area (TPSA) is 66.4 Å². The molecule has 0 bridgehead atoms. The Balaban J connectivity index is 2.41. The van der Waals surface area contributed by atoms with Crippen molar-refractivity contribution >= 4 is 11.9 Å². The first-order chi connectivity index (χ1) is 9.52. The van der Waals surface area contributed by atoms with Gasteiger partial charge in [-0.05, 0) is 25.3 Å². The number of carbonyl (C=O) groups excluding carboxylic acids is 1.